The minimum absolute atomic E-state index is 0.197. The van der Waals surface area contributed by atoms with Gasteiger partial charge in [0.25, 0.3) is 0 Å². The van der Waals surface area contributed by atoms with Crippen LogP contribution in [-0.2, 0) is 4.79 Å². The molecular weight excluding hydrogens is 202 g/mol. The highest BCUT2D eigenvalue weighted by Gasteiger charge is 2.07. The number of unbranched alkanes of at least 4 members (excludes halogenated alkanes) is 5. The predicted molar refractivity (Wildman–Crippen MR) is 67.7 cm³/mol. The molecule has 0 aromatic rings. The molecule has 0 atom stereocenters. The molecule has 1 N–H and O–H groups in total. The summed E-state index contributed by atoms with van der Waals surface area (Å²) in [6.45, 7) is 6.35. The van der Waals surface area contributed by atoms with Crippen molar-refractivity contribution in [2.75, 3.05) is 19.6 Å². The molecular formula is C13H27NO2. The molecule has 0 saturated carbocycles. The molecule has 0 unspecified atom stereocenters. The lowest BCUT2D eigenvalue weighted by molar-refractivity contribution is -0.138. The fourth-order valence-electron chi connectivity index (χ4n) is 1.89. The summed E-state index contributed by atoms with van der Waals surface area (Å²) < 4.78 is 0. The lowest BCUT2D eigenvalue weighted by Crippen LogP contribution is -2.31. The number of hydrogen-bond donors (Lipinski definition) is 1. The molecule has 0 heterocycles. The highest BCUT2D eigenvalue weighted by atomic mass is 16.4. The molecule has 0 aliphatic carbocycles. The molecule has 0 spiro atoms. The van der Waals surface area contributed by atoms with E-state index in [0.717, 1.165) is 25.9 Å². The van der Waals surface area contributed by atoms with E-state index in [1.54, 1.807) is 0 Å². The molecule has 0 saturated heterocycles. The van der Waals surface area contributed by atoms with Crippen molar-refractivity contribution in [1.82, 2.24) is 4.90 Å². The third kappa shape index (κ3) is 9.97. The maximum Gasteiger partial charge on any atom is 0.317 e. The van der Waals surface area contributed by atoms with Gasteiger partial charge in [-0.25, -0.2) is 0 Å². The van der Waals surface area contributed by atoms with E-state index in [9.17, 15) is 4.79 Å². The zero-order valence-electron chi connectivity index (χ0n) is 10.9. The number of carbonyl (C=O) groups is 1. The fourth-order valence-corrected chi connectivity index (χ4v) is 1.89. The molecule has 3 nitrogen and oxygen atoms in total. The first-order valence-electron chi connectivity index (χ1n) is 6.64. The third-order valence-electron chi connectivity index (χ3n) is 2.73. The van der Waals surface area contributed by atoms with Crippen molar-refractivity contribution in [3.8, 4) is 0 Å². The monoisotopic (exact) mass is 229 g/mol. The molecule has 0 rings (SSSR count). The Labute approximate surface area is 99.8 Å². The molecule has 16 heavy (non-hydrogen) atoms. The second-order valence-electron chi connectivity index (χ2n) is 4.44. The molecule has 0 radical (unpaired) electrons. The minimum atomic E-state index is -0.709. The van der Waals surface area contributed by atoms with Crippen molar-refractivity contribution in [1.29, 1.82) is 0 Å². The van der Waals surface area contributed by atoms with Crippen LogP contribution in [-0.4, -0.2) is 35.6 Å². The minimum Gasteiger partial charge on any atom is -0.480 e. The van der Waals surface area contributed by atoms with Crippen molar-refractivity contribution in [2.45, 2.75) is 58.8 Å². The lowest BCUT2D eigenvalue weighted by Gasteiger charge is -2.19. The van der Waals surface area contributed by atoms with E-state index in [2.05, 4.69) is 13.8 Å². The first kappa shape index (κ1) is 15.4. The largest absolute Gasteiger partial charge is 0.480 e. The van der Waals surface area contributed by atoms with Crippen molar-refractivity contribution in [3.63, 3.8) is 0 Å². The van der Waals surface area contributed by atoms with Crippen LogP contribution in [0.2, 0.25) is 0 Å². The summed E-state index contributed by atoms with van der Waals surface area (Å²) in [5.41, 5.74) is 0. The molecule has 0 bridgehead atoms. The van der Waals surface area contributed by atoms with Gasteiger partial charge in [0.05, 0.1) is 6.54 Å². The van der Waals surface area contributed by atoms with Gasteiger partial charge in [0, 0.05) is 0 Å². The normalized spacial score (nSPS) is 10.9. The zero-order valence-corrected chi connectivity index (χ0v) is 10.9. The number of rotatable bonds is 11. The maximum atomic E-state index is 10.6. The van der Waals surface area contributed by atoms with E-state index in [0.29, 0.717) is 0 Å². The van der Waals surface area contributed by atoms with E-state index >= 15 is 0 Å². The van der Waals surface area contributed by atoms with Gasteiger partial charge in [0.2, 0.25) is 0 Å². The van der Waals surface area contributed by atoms with Gasteiger partial charge < -0.3 is 5.11 Å². The van der Waals surface area contributed by atoms with E-state index in [4.69, 9.17) is 5.11 Å². The molecule has 3 heteroatoms. The van der Waals surface area contributed by atoms with Gasteiger partial charge in [-0.1, -0.05) is 46.0 Å². The van der Waals surface area contributed by atoms with Gasteiger partial charge in [-0.05, 0) is 25.9 Å². The summed E-state index contributed by atoms with van der Waals surface area (Å²) in [6.07, 6.45) is 8.62. The van der Waals surface area contributed by atoms with E-state index in [1.165, 1.54) is 32.1 Å². The number of carboxylic acid groups (broad SMARTS) is 1. The van der Waals surface area contributed by atoms with Gasteiger partial charge in [0.15, 0.2) is 0 Å². The summed E-state index contributed by atoms with van der Waals surface area (Å²) >= 11 is 0. The lowest BCUT2D eigenvalue weighted by atomic mass is 10.1. The van der Waals surface area contributed by atoms with E-state index in [-0.39, 0.29) is 6.54 Å². The average molecular weight is 229 g/mol. The van der Waals surface area contributed by atoms with Crippen LogP contribution in [0.3, 0.4) is 0 Å². The highest BCUT2D eigenvalue weighted by molar-refractivity contribution is 5.69. The topological polar surface area (TPSA) is 40.5 Å². The Morgan fingerprint density at radius 1 is 0.938 bits per heavy atom. The van der Waals surface area contributed by atoms with Crippen LogP contribution >= 0.6 is 0 Å². The molecule has 0 aromatic carbocycles. The summed E-state index contributed by atoms with van der Waals surface area (Å²) in [5, 5.41) is 8.74. The summed E-state index contributed by atoms with van der Waals surface area (Å²) in [5.74, 6) is -0.709. The van der Waals surface area contributed by atoms with E-state index < -0.39 is 5.97 Å². The van der Waals surface area contributed by atoms with Crippen LogP contribution in [0.15, 0.2) is 0 Å². The Morgan fingerprint density at radius 3 is 2.12 bits per heavy atom. The number of hydrogen-bond acceptors (Lipinski definition) is 2. The average Bonchev–Trinajstić information content (AvgIpc) is 2.22. The number of carboxylic acids is 1. The Bertz CT molecular complexity index is 171. The number of aliphatic carboxylic acids is 1. The molecule has 96 valence electrons. The van der Waals surface area contributed by atoms with Gasteiger partial charge >= 0.3 is 5.97 Å². The molecule has 0 aliphatic rings. The molecule has 0 aromatic heterocycles. The van der Waals surface area contributed by atoms with Crippen LogP contribution in [0.1, 0.15) is 58.8 Å². The zero-order chi connectivity index (χ0) is 12.2. The summed E-state index contributed by atoms with van der Waals surface area (Å²) in [4.78, 5) is 12.7. The van der Waals surface area contributed by atoms with Crippen LogP contribution < -0.4 is 0 Å². The standard InChI is InChI=1S/C13H27NO2/c1-3-5-6-7-8-9-11-14(10-4-2)12-13(15)16/h3-12H2,1-2H3,(H,15,16). The van der Waals surface area contributed by atoms with Crippen LogP contribution in [0.25, 0.3) is 0 Å². The predicted octanol–water partition coefficient (Wildman–Crippen LogP) is 3.14. The highest BCUT2D eigenvalue weighted by Crippen LogP contribution is 2.06. The van der Waals surface area contributed by atoms with Gasteiger partial charge in [-0.2, -0.15) is 0 Å². The van der Waals surface area contributed by atoms with Crippen molar-refractivity contribution in [2.24, 2.45) is 0 Å². The van der Waals surface area contributed by atoms with E-state index in [1.807, 2.05) is 4.90 Å². The second kappa shape index (κ2) is 10.9. The summed E-state index contributed by atoms with van der Waals surface area (Å²) in [7, 11) is 0. The fraction of sp³-hybridized carbons (Fsp3) is 0.923. The van der Waals surface area contributed by atoms with Crippen molar-refractivity contribution < 1.29 is 9.90 Å². The quantitative estimate of drug-likeness (QED) is 0.553. The van der Waals surface area contributed by atoms with Crippen molar-refractivity contribution in [3.05, 3.63) is 0 Å². The van der Waals surface area contributed by atoms with Gasteiger partial charge in [-0.3, -0.25) is 9.69 Å². The SMILES string of the molecule is CCCCCCCCN(CCC)CC(=O)O. The Kier molecular flexibility index (Phi) is 10.5. The maximum absolute atomic E-state index is 10.6. The number of nitrogens with zero attached hydrogens (tertiary/aromatic N) is 1. The molecule has 0 amide bonds. The molecule has 0 fully saturated rings. The van der Waals surface area contributed by atoms with Crippen LogP contribution in [0.4, 0.5) is 0 Å². The Balaban J connectivity index is 3.47. The second-order valence-corrected chi connectivity index (χ2v) is 4.44. The Hall–Kier alpha value is -0.570. The third-order valence-corrected chi connectivity index (χ3v) is 2.73. The first-order valence-corrected chi connectivity index (χ1v) is 6.64. The van der Waals surface area contributed by atoms with Crippen molar-refractivity contribution >= 4 is 5.97 Å². The Morgan fingerprint density at radius 2 is 1.56 bits per heavy atom. The smallest absolute Gasteiger partial charge is 0.317 e. The van der Waals surface area contributed by atoms with Gasteiger partial charge in [-0.15, -0.1) is 0 Å². The summed E-state index contributed by atoms with van der Waals surface area (Å²) in [6, 6.07) is 0. The van der Waals surface area contributed by atoms with Gasteiger partial charge in [0.1, 0.15) is 0 Å². The van der Waals surface area contributed by atoms with Crippen LogP contribution in [0, 0.1) is 0 Å². The van der Waals surface area contributed by atoms with Crippen LogP contribution in [0.5, 0.6) is 0 Å². The molecule has 0 aliphatic heterocycles. The first-order chi connectivity index (χ1) is 7.70.